The Labute approximate surface area is 137 Å². The summed E-state index contributed by atoms with van der Waals surface area (Å²) < 4.78 is 18.4. The van der Waals surface area contributed by atoms with Crippen molar-refractivity contribution in [3.8, 4) is 0 Å². The molecule has 3 N–H and O–H groups in total. The van der Waals surface area contributed by atoms with Crippen molar-refractivity contribution in [3.05, 3.63) is 57.3 Å². The van der Waals surface area contributed by atoms with E-state index in [-0.39, 0.29) is 18.6 Å². The highest BCUT2D eigenvalue weighted by Crippen LogP contribution is 2.44. The molecule has 7 heteroatoms. The van der Waals surface area contributed by atoms with E-state index in [0.29, 0.717) is 16.8 Å². The van der Waals surface area contributed by atoms with E-state index in [9.17, 15) is 19.1 Å². The number of benzene rings is 1. The molecule has 0 amide bonds. The van der Waals surface area contributed by atoms with Crippen molar-refractivity contribution in [1.82, 2.24) is 10.2 Å². The highest BCUT2D eigenvalue weighted by Gasteiger charge is 2.51. The molecule has 1 aliphatic carbocycles. The van der Waals surface area contributed by atoms with Crippen molar-refractivity contribution in [2.45, 2.75) is 31.8 Å². The number of halogens is 1. The number of ether oxygens (including phenoxy) is 1. The molecule has 6 nitrogen and oxygen atoms in total. The van der Waals surface area contributed by atoms with Crippen LogP contribution in [0.25, 0.3) is 0 Å². The molecule has 1 aliphatic rings. The summed E-state index contributed by atoms with van der Waals surface area (Å²) in [5.41, 5.74) is -0.278. The van der Waals surface area contributed by atoms with E-state index in [1.165, 1.54) is 24.3 Å². The van der Waals surface area contributed by atoms with Gasteiger partial charge in [-0.3, -0.25) is 14.7 Å². The van der Waals surface area contributed by atoms with E-state index in [0.717, 1.165) is 0 Å². The summed E-state index contributed by atoms with van der Waals surface area (Å²) in [5.74, 6) is -2.69. The highest BCUT2D eigenvalue weighted by atomic mass is 19.1. The third-order valence-corrected chi connectivity index (χ3v) is 4.52. The van der Waals surface area contributed by atoms with Gasteiger partial charge < -0.3 is 14.9 Å². The topological polar surface area (TPSA) is 95.2 Å². The van der Waals surface area contributed by atoms with E-state index in [1.807, 2.05) is 0 Å². The van der Waals surface area contributed by atoms with Gasteiger partial charge in [-0.25, -0.2) is 4.39 Å². The number of aliphatic hydroxyl groups is 1. The fraction of sp³-hybridized carbons (Fsp3) is 0.412. The Balaban J connectivity index is 2.20. The van der Waals surface area contributed by atoms with Crippen molar-refractivity contribution in [3.63, 3.8) is 0 Å². The molecule has 0 aliphatic heterocycles. The van der Waals surface area contributed by atoms with Gasteiger partial charge in [-0.05, 0) is 31.5 Å². The second kappa shape index (κ2) is 5.90. The van der Waals surface area contributed by atoms with Crippen LogP contribution in [0.4, 0.5) is 4.39 Å². The molecule has 1 aromatic heterocycles. The normalized spacial score (nSPS) is 26.0. The van der Waals surface area contributed by atoms with E-state index in [1.54, 1.807) is 13.8 Å². The number of carbonyl (C=O) groups is 1. The zero-order chi connectivity index (χ0) is 17.5. The van der Waals surface area contributed by atoms with Crippen LogP contribution in [0.1, 0.15) is 36.6 Å². The van der Waals surface area contributed by atoms with Crippen molar-refractivity contribution >= 4 is 5.97 Å². The Kier molecular flexibility index (Phi) is 4.04. The van der Waals surface area contributed by atoms with Crippen LogP contribution in [0.5, 0.6) is 0 Å². The largest absolute Gasteiger partial charge is 0.466 e. The van der Waals surface area contributed by atoms with Gasteiger partial charge in [-0.15, -0.1) is 0 Å². The molecule has 1 aromatic carbocycles. The first-order valence-electron chi connectivity index (χ1n) is 7.79. The number of aromatic amines is 2. The zero-order valence-electron chi connectivity index (χ0n) is 13.4. The third-order valence-electron chi connectivity index (χ3n) is 4.52. The van der Waals surface area contributed by atoms with Crippen LogP contribution in [0, 0.1) is 11.7 Å². The van der Waals surface area contributed by atoms with Gasteiger partial charge in [0.1, 0.15) is 5.82 Å². The minimum Gasteiger partial charge on any atom is -0.466 e. The van der Waals surface area contributed by atoms with Gasteiger partial charge in [0.2, 0.25) is 0 Å². The molecule has 0 spiro atoms. The Morgan fingerprint density at radius 1 is 1.38 bits per heavy atom. The number of hydrogen-bond donors (Lipinski definition) is 3. The highest BCUT2D eigenvalue weighted by molar-refractivity contribution is 5.77. The first-order chi connectivity index (χ1) is 11.3. The lowest BCUT2D eigenvalue weighted by molar-refractivity contribution is -0.159. The summed E-state index contributed by atoms with van der Waals surface area (Å²) in [7, 11) is 0. The van der Waals surface area contributed by atoms with Crippen LogP contribution in [0.15, 0.2) is 29.1 Å². The number of H-pyrrole nitrogens is 2. The Morgan fingerprint density at radius 3 is 2.67 bits per heavy atom. The molecule has 1 heterocycles. The number of rotatable bonds is 3. The standard InChI is InChI=1S/C17H19FN2O4/c1-3-24-16(22)14-12(9-4-6-10(18)7-5-9)13-11(8-17(14,2)23)19-20-15(13)21/h4-7,12,14,23H,3,8H2,1-2H3,(H2,19,20,21)/t12-,14+,17+/m1/s1. The average Bonchev–Trinajstić information content (AvgIpc) is 2.86. The molecule has 0 unspecified atom stereocenters. The summed E-state index contributed by atoms with van der Waals surface area (Å²) in [4.78, 5) is 24.8. The van der Waals surface area contributed by atoms with E-state index in [4.69, 9.17) is 4.74 Å². The molecule has 0 saturated heterocycles. The molecule has 0 saturated carbocycles. The van der Waals surface area contributed by atoms with Crippen LogP contribution >= 0.6 is 0 Å². The first kappa shape index (κ1) is 16.4. The molecule has 0 radical (unpaired) electrons. The smallest absolute Gasteiger partial charge is 0.312 e. The number of carbonyl (C=O) groups excluding carboxylic acids is 1. The maximum atomic E-state index is 13.3. The minimum atomic E-state index is -1.41. The predicted octanol–water partition coefficient (Wildman–Crippen LogP) is 1.46. The summed E-state index contributed by atoms with van der Waals surface area (Å²) >= 11 is 0. The summed E-state index contributed by atoms with van der Waals surface area (Å²) in [6.07, 6.45) is 0.113. The number of esters is 1. The quantitative estimate of drug-likeness (QED) is 0.741. The lowest BCUT2D eigenvalue weighted by Gasteiger charge is -2.40. The lowest BCUT2D eigenvalue weighted by Crippen LogP contribution is -2.50. The van der Waals surface area contributed by atoms with Gasteiger partial charge in [0.25, 0.3) is 5.56 Å². The number of nitrogens with one attached hydrogen (secondary N) is 2. The van der Waals surface area contributed by atoms with Crippen molar-refractivity contribution in [2.75, 3.05) is 6.61 Å². The maximum Gasteiger partial charge on any atom is 0.312 e. The predicted molar refractivity (Wildman–Crippen MR) is 84.1 cm³/mol. The minimum absolute atomic E-state index is 0.113. The van der Waals surface area contributed by atoms with Gasteiger partial charge in [-0.1, -0.05) is 12.1 Å². The van der Waals surface area contributed by atoms with Crippen molar-refractivity contribution in [2.24, 2.45) is 5.92 Å². The van der Waals surface area contributed by atoms with Gasteiger partial charge in [0.05, 0.1) is 18.1 Å². The molecule has 128 valence electrons. The van der Waals surface area contributed by atoms with E-state index in [2.05, 4.69) is 10.2 Å². The van der Waals surface area contributed by atoms with Crippen molar-refractivity contribution in [1.29, 1.82) is 0 Å². The zero-order valence-corrected chi connectivity index (χ0v) is 13.4. The summed E-state index contributed by atoms with van der Waals surface area (Å²) in [6, 6.07) is 5.57. The molecule has 24 heavy (non-hydrogen) atoms. The van der Waals surface area contributed by atoms with Crippen LogP contribution in [0.2, 0.25) is 0 Å². The maximum absolute atomic E-state index is 13.3. The second-order valence-electron chi connectivity index (χ2n) is 6.26. The van der Waals surface area contributed by atoms with Crippen LogP contribution < -0.4 is 5.56 Å². The van der Waals surface area contributed by atoms with Crippen molar-refractivity contribution < 1.29 is 19.0 Å². The van der Waals surface area contributed by atoms with Gasteiger partial charge >= 0.3 is 5.97 Å². The third kappa shape index (κ3) is 2.65. The Morgan fingerprint density at radius 2 is 2.04 bits per heavy atom. The molecule has 3 atom stereocenters. The van der Waals surface area contributed by atoms with Gasteiger partial charge in [0.15, 0.2) is 0 Å². The molecular weight excluding hydrogens is 315 g/mol. The molecular formula is C17H19FN2O4. The fourth-order valence-corrected chi connectivity index (χ4v) is 3.52. The summed E-state index contributed by atoms with van der Waals surface area (Å²) in [6.45, 7) is 3.38. The molecule has 0 bridgehead atoms. The number of hydrogen-bond acceptors (Lipinski definition) is 4. The SMILES string of the molecule is CCOC(=O)[C@@H]1[C@H](c2ccc(F)cc2)c2c([nH][nH]c2=O)C[C@]1(C)O. The molecule has 3 rings (SSSR count). The van der Waals surface area contributed by atoms with E-state index >= 15 is 0 Å². The van der Waals surface area contributed by atoms with E-state index < -0.39 is 29.2 Å². The van der Waals surface area contributed by atoms with Gasteiger partial charge in [-0.2, -0.15) is 0 Å². The molecule has 0 fully saturated rings. The van der Waals surface area contributed by atoms with Gasteiger partial charge in [0, 0.05) is 23.6 Å². The Hall–Kier alpha value is -2.41. The van der Waals surface area contributed by atoms with Crippen LogP contribution in [0.3, 0.4) is 0 Å². The first-order valence-corrected chi connectivity index (χ1v) is 7.79. The van der Waals surface area contributed by atoms with Crippen LogP contribution in [-0.4, -0.2) is 33.5 Å². The molecule has 2 aromatic rings. The summed E-state index contributed by atoms with van der Waals surface area (Å²) in [5, 5.41) is 16.1. The fourth-order valence-electron chi connectivity index (χ4n) is 3.52. The average molecular weight is 334 g/mol. The monoisotopic (exact) mass is 334 g/mol. The number of aromatic nitrogens is 2. The van der Waals surface area contributed by atoms with Crippen LogP contribution in [-0.2, 0) is 16.0 Å². The lowest BCUT2D eigenvalue weighted by atomic mass is 9.66. The Bertz CT molecular complexity index is 807. The number of fused-ring (bicyclic) bond motifs is 1. The second-order valence-corrected chi connectivity index (χ2v) is 6.26.